The molecule has 0 spiro atoms. The molecule has 0 aliphatic carbocycles. The maximum atomic E-state index is 10.3. The number of hydrogen-bond acceptors (Lipinski definition) is 5. The zero-order valence-corrected chi connectivity index (χ0v) is 9.69. The van der Waals surface area contributed by atoms with Gasteiger partial charge in [-0.05, 0) is 17.6 Å². The fourth-order valence-electron chi connectivity index (χ4n) is 1.48. The van der Waals surface area contributed by atoms with Crippen LogP contribution in [0.3, 0.4) is 0 Å². The van der Waals surface area contributed by atoms with Crippen LogP contribution >= 0.6 is 0 Å². The summed E-state index contributed by atoms with van der Waals surface area (Å²) in [6.45, 7) is 0.546. The molecule has 2 rings (SSSR count). The Hall–Kier alpha value is -2.37. The van der Waals surface area contributed by atoms with Crippen LogP contribution in [0.25, 0.3) is 11.4 Å². The summed E-state index contributed by atoms with van der Waals surface area (Å²) in [5, 5.41) is 14.4. The third-order valence-electron chi connectivity index (χ3n) is 2.36. The van der Waals surface area contributed by atoms with E-state index in [0.717, 1.165) is 5.56 Å². The number of rotatable bonds is 5. The fourth-order valence-corrected chi connectivity index (χ4v) is 1.48. The van der Waals surface area contributed by atoms with Crippen LogP contribution in [0, 0.1) is 0 Å². The molecule has 2 aromatic heterocycles. The molecule has 0 unspecified atom stereocenters. The number of carbonyl (C=O) groups excluding carboxylic acids is 1. The summed E-state index contributed by atoms with van der Waals surface area (Å²) in [6.07, 6.45) is 7.32. The molecule has 2 aromatic rings. The first kappa shape index (κ1) is 12.1. The van der Waals surface area contributed by atoms with E-state index >= 15 is 0 Å². The van der Waals surface area contributed by atoms with Crippen LogP contribution in [0.15, 0.2) is 36.9 Å². The molecule has 0 saturated heterocycles. The van der Waals surface area contributed by atoms with Crippen LogP contribution in [0.5, 0.6) is 0 Å². The van der Waals surface area contributed by atoms with E-state index in [0.29, 0.717) is 18.8 Å². The molecule has 0 amide bonds. The second-order valence-electron chi connectivity index (χ2n) is 3.73. The number of aryl methyl sites for hydroxylation is 1. The number of aliphatic carboxylic acids is 1. The molecule has 0 aliphatic rings. The van der Waals surface area contributed by atoms with Crippen molar-refractivity contribution >= 4 is 5.97 Å². The van der Waals surface area contributed by atoms with Gasteiger partial charge >= 0.3 is 0 Å². The molecule has 6 heteroatoms. The van der Waals surface area contributed by atoms with Crippen LogP contribution in [-0.2, 0) is 11.3 Å². The minimum Gasteiger partial charge on any atom is -0.550 e. The Balaban J connectivity index is 2.00. The van der Waals surface area contributed by atoms with Crippen molar-refractivity contribution < 1.29 is 14.6 Å². The summed E-state index contributed by atoms with van der Waals surface area (Å²) in [7, 11) is 0. The first-order chi connectivity index (χ1) is 8.75. The van der Waals surface area contributed by atoms with E-state index < -0.39 is 5.97 Å². The Morgan fingerprint density at radius 1 is 1.33 bits per heavy atom. The molecule has 0 fully saturated rings. The summed E-state index contributed by atoms with van der Waals surface area (Å²) in [6, 6.07) is 3.60. The van der Waals surface area contributed by atoms with Crippen LogP contribution in [0.1, 0.15) is 12.8 Å². The Bertz CT molecular complexity index is 513. The van der Waals surface area contributed by atoms with Gasteiger partial charge < -0.3 is 9.90 Å². The lowest BCUT2D eigenvalue weighted by atomic mass is 10.3. The molecule has 18 heavy (non-hydrogen) atoms. The monoisotopic (exact) mass is 244 g/mol. The Labute approximate surface area is 104 Å². The number of aromatic nitrogens is 4. The van der Waals surface area contributed by atoms with Crippen molar-refractivity contribution in [2.75, 3.05) is 0 Å². The molecule has 0 bridgehead atoms. The molecule has 0 N–H and O–H groups in total. The quantitative estimate of drug-likeness (QED) is 0.653. The van der Waals surface area contributed by atoms with Crippen LogP contribution in [-0.4, -0.2) is 21.0 Å². The molecule has 2 heterocycles. The lowest BCUT2D eigenvalue weighted by molar-refractivity contribution is -0.754. The average Bonchev–Trinajstić information content (AvgIpc) is 2.40. The highest BCUT2D eigenvalue weighted by molar-refractivity contribution is 5.63. The molecular weight excluding hydrogens is 232 g/mol. The lowest BCUT2D eigenvalue weighted by Crippen LogP contribution is -2.38. The van der Waals surface area contributed by atoms with Gasteiger partial charge in [0.05, 0.1) is 0 Å². The Morgan fingerprint density at radius 3 is 2.72 bits per heavy atom. The van der Waals surface area contributed by atoms with Crippen molar-refractivity contribution in [3.8, 4) is 11.4 Å². The van der Waals surface area contributed by atoms with Crippen molar-refractivity contribution in [2.45, 2.75) is 19.4 Å². The highest BCUT2D eigenvalue weighted by atomic mass is 16.4. The van der Waals surface area contributed by atoms with Gasteiger partial charge in [0.2, 0.25) is 0 Å². The zero-order valence-electron chi connectivity index (χ0n) is 9.69. The molecule has 0 radical (unpaired) electrons. The van der Waals surface area contributed by atoms with Crippen molar-refractivity contribution in [2.24, 2.45) is 0 Å². The summed E-state index contributed by atoms with van der Waals surface area (Å²) in [5.74, 6) is -0.420. The van der Waals surface area contributed by atoms with Gasteiger partial charge in [-0.2, -0.15) is 0 Å². The molecule has 0 saturated carbocycles. The van der Waals surface area contributed by atoms with E-state index in [1.54, 1.807) is 35.5 Å². The maximum Gasteiger partial charge on any atom is 0.197 e. The van der Waals surface area contributed by atoms with Crippen molar-refractivity contribution in [3.63, 3.8) is 0 Å². The topological polar surface area (TPSA) is 82.7 Å². The van der Waals surface area contributed by atoms with E-state index in [9.17, 15) is 9.90 Å². The molecule has 92 valence electrons. The van der Waals surface area contributed by atoms with Gasteiger partial charge in [-0.15, -0.1) is 0 Å². The van der Waals surface area contributed by atoms with E-state index in [-0.39, 0.29) is 6.42 Å². The summed E-state index contributed by atoms with van der Waals surface area (Å²) < 4.78 is 1.68. The number of carboxylic acid groups (broad SMARTS) is 1. The predicted molar refractivity (Wildman–Crippen MR) is 59.7 cm³/mol. The largest absolute Gasteiger partial charge is 0.550 e. The van der Waals surface area contributed by atoms with Gasteiger partial charge in [0.15, 0.2) is 18.6 Å². The summed E-state index contributed by atoms with van der Waals surface area (Å²) >= 11 is 0. The predicted octanol–water partition coefficient (Wildman–Crippen LogP) is -0.644. The van der Waals surface area contributed by atoms with Crippen molar-refractivity contribution in [1.82, 2.24) is 15.1 Å². The van der Waals surface area contributed by atoms with Crippen LogP contribution < -0.4 is 9.79 Å². The smallest absolute Gasteiger partial charge is 0.197 e. The summed E-state index contributed by atoms with van der Waals surface area (Å²) in [5.41, 5.74) is 0.826. The van der Waals surface area contributed by atoms with E-state index in [1.165, 1.54) is 0 Å². The SMILES string of the molecule is O=C([O-])CCC[n+]1ccc(-c2ncccn2)cn1. The molecule has 6 nitrogen and oxygen atoms in total. The number of carboxylic acids is 1. The van der Waals surface area contributed by atoms with Gasteiger partial charge in [0.1, 0.15) is 6.20 Å². The normalized spacial score (nSPS) is 10.2. The fraction of sp³-hybridized carbons (Fsp3) is 0.250. The first-order valence-corrected chi connectivity index (χ1v) is 5.59. The number of hydrogen-bond donors (Lipinski definition) is 0. The molecular formula is C12H12N4O2. The van der Waals surface area contributed by atoms with E-state index in [1.807, 2.05) is 6.07 Å². The minimum absolute atomic E-state index is 0.0399. The van der Waals surface area contributed by atoms with Gasteiger partial charge in [-0.1, -0.05) is 4.68 Å². The van der Waals surface area contributed by atoms with Gasteiger partial charge in [0, 0.05) is 36.4 Å². The zero-order chi connectivity index (χ0) is 12.8. The third-order valence-corrected chi connectivity index (χ3v) is 2.36. The summed E-state index contributed by atoms with van der Waals surface area (Å²) in [4.78, 5) is 18.5. The molecule has 0 aliphatic heterocycles. The van der Waals surface area contributed by atoms with Crippen LogP contribution in [0.4, 0.5) is 0 Å². The second-order valence-corrected chi connectivity index (χ2v) is 3.73. The van der Waals surface area contributed by atoms with Gasteiger partial charge in [-0.3, -0.25) is 0 Å². The second kappa shape index (κ2) is 5.81. The highest BCUT2D eigenvalue weighted by Crippen LogP contribution is 2.09. The standard InChI is InChI=1S/C12H12N4O2/c17-11(18)3-1-7-16-8-4-10(9-15-16)12-13-5-2-6-14-12/h2,4-6,8-9H,1,3,7H2. The number of carbonyl (C=O) groups is 1. The Kier molecular flexibility index (Phi) is 3.90. The molecule has 0 atom stereocenters. The van der Waals surface area contributed by atoms with Crippen molar-refractivity contribution in [3.05, 3.63) is 36.9 Å². The van der Waals surface area contributed by atoms with E-state index in [2.05, 4.69) is 15.1 Å². The lowest BCUT2D eigenvalue weighted by Gasteiger charge is -1.99. The van der Waals surface area contributed by atoms with Gasteiger partial charge in [-0.25, -0.2) is 9.97 Å². The number of nitrogens with zero attached hydrogens (tertiary/aromatic N) is 4. The van der Waals surface area contributed by atoms with Gasteiger partial charge in [0.25, 0.3) is 0 Å². The Morgan fingerprint density at radius 2 is 2.11 bits per heavy atom. The maximum absolute atomic E-state index is 10.3. The average molecular weight is 244 g/mol. The third kappa shape index (κ3) is 3.31. The highest BCUT2D eigenvalue weighted by Gasteiger charge is 2.05. The van der Waals surface area contributed by atoms with E-state index in [4.69, 9.17) is 0 Å². The van der Waals surface area contributed by atoms with Crippen molar-refractivity contribution in [1.29, 1.82) is 0 Å². The first-order valence-electron chi connectivity index (χ1n) is 5.59. The molecule has 0 aromatic carbocycles. The minimum atomic E-state index is -1.04. The van der Waals surface area contributed by atoms with Crippen LogP contribution in [0.2, 0.25) is 0 Å².